The number of hydrogen-bond acceptors (Lipinski definition) is 4. The first-order valence-corrected chi connectivity index (χ1v) is 10.4. The molecular weight excluding hydrogens is 451 g/mol. The van der Waals surface area contributed by atoms with Gasteiger partial charge < -0.3 is 15.4 Å². The van der Waals surface area contributed by atoms with Crippen LogP contribution in [0.15, 0.2) is 65.5 Å². The number of anilines is 2. The summed E-state index contributed by atoms with van der Waals surface area (Å²) in [6.07, 6.45) is 0.509. The van der Waals surface area contributed by atoms with Gasteiger partial charge in [0.05, 0.1) is 28.2 Å². The van der Waals surface area contributed by atoms with Gasteiger partial charge in [0, 0.05) is 23.2 Å². The lowest BCUT2D eigenvalue weighted by Gasteiger charge is -2.10. The van der Waals surface area contributed by atoms with E-state index >= 15 is 0 Å². The van der Waals surface area contributed by atoms with Crippen LogP contribution in [0.2, 0.25) is 10.0 Å². The predicted octanol–water partition coefficient (Wildman–Crippen LogP) is 5.47. The minimum atomic E-state index is -0.482. The Labute approximate surface area is 193 Å². The van der Waals surface area contributed by atoms with E-state index in [-0.39, 0.29) is 5.56 Å². The second kappa shape index (κ2) is 9.30. The van der Waals surface area contributed by atoms with Gasteiger partial charge in [-0.2, -0.15) is 5.10 Å². The Balaban J connectivity index is 1.57. The first kappa shape index (κ1) is 21.7. The average Bonchev–Trinajstić information content (AvgIpc) is 2.78. The van der Waals surface area contributed by atoms with Crippen molar-refractivity contribution in [3.63, 3.8) is 0 Å². The molecule has 0 aliphatic carbocycles. The summed E-state index contributed by atoms with van der Waals surface area (Å²) >= 11 is 11.9. The van der Waals surface area contributed by atoms with Crippen LogP contribution >= 0.6 is 23.2 Å². The van der Waals surface area contributed by atoms with Crippen molar-refractivity contribution in [3.05, 3.63) is 92.3 Å². The zero-order valence-corrected chi connectivity index (χ0v) is 18.4. The number of amides is 2. The third-order valence-corrected chi connectivity index (χ3v) is 5.55. The van der Waals surface area contributed by atoms with E-state index in [9.17, 15) is 9.59 Å². The van der Waals surface area contributed by atoms with Gasteiger partial charge in [-0.15, -0.1) is 0 Å². The number of carbonyl (C=O) groups is 1. The van der Waals surface area contributed by atoms with Crippen molar-refractivity contribution in [3.8, 4) is 5.75 Å². The Morgan fingerprint density at radius 2 is 1.72 bits per heavy atom. The van der Waals surface area contributed by atoms with E-state index in [2.05, 4.69) is 20.8 Å². The molecule has 3 aromatic carbocycles. The Kier molecular flexibility index (Phi) is 6.30. The number of nitrogens with zero attached hydrogens (tertiary/aromatic N) is 1. The number of hydrogen-bond donors (Lipinski definition) is 3. The molecule has 162 valence electrons. The molecule has 0 aliphatic rings. The molecule has 3 N–H and O–H groups in total. The first-order chi connectivity index (χ1) is 15.4. The van der Waals surface area contributed by atoms with Crippen LogP contribution in [0, 0.1) is 0 Å². The van der Waals surface area contributed by atoms with Crippen molar-refractivity contribution in [2.45, 2.75) is 6.42 Å². The van der Waals surface area contributed by atoms with E-state index < -0.39 is 6.03 Å². The molecule has 4 rings (SSSR count). The lowest BCUT2D eigenvalue weighted by molar-refractivity contribution is 0.262. The van der Waals surface area contributed by atoms with Crippen LogP contribution in [0.1, 0.15) is 11.3 Å². The molecule has 2 amide bonds. The fraction of sp³-hybridized carbons (Fsp3) is 0.0870. The summed E-state index contributed by atoms with van der Waals surface area (Å²) in [7, 11) is 1.61. The van der Waals surface area contributed by atoms with E-state index in [4.69, 9.17) is 27.9 Å². The normalized spacial score (nSPS) is 10.7. The molecule has 1 heterocycles. The standard InChI is InChI=1S/C23H18Cl2N4O3/c1-32-16-4-2-3-13(9-16)10-21-17-7-5-14(11-18(17)22(30)29-28-21)26-23(31)27-15-6-8-19(24)20(25)12-15/h2-9,11-12H,10H2,1H3,(H,29,30)(H2,26,27,31). The summed E-state index contributed by atoms with van der Waals surface area (Å²) in [5.74, 6) is 0.746. The number of methoxy groups -OCH3 is 1. The van der Waals surface area contributed by atoms with Crippen molar-refractivity contribution in [1.82, 2.24) is 10.2 Å². The van der Waals surface area contributed by atoms with Crippen LogP contribution in [0.4, 0.5) is 16.2 Å². The molecule has 0 aliphatic heterocycles. The summed E-state index contributed by atoms with van der Waals surface area (Å²) in [5.41, 5.74) is 2.30. The maximum atomic E-state index is 12.4. The fourth-order valence-electron chi connectivity index (χ4n) is 3.28. The van der Waals surface area contributed by atoms with Crippen LogP contribution in [-0.2, 0) is 6.42 Å². The number of urea groups is 1. The van der Waals surface area contributed by atoms with Gasteiger partial charge in [0.15, 0.2) is 0 Å². The highest BCUT2D eigenvalue weighted by molar-refractivity contribution is 6.42. The van der Waals surface area contributed by atoms with Crippen LogP contribution in [0.5, 0.6) is 5.75 Å². The van der Waals surface area contributed by atoms with E-state index in [1.807, 2.05) is 24.3 Å². The number of benzene rings is 3. The number of aromatic amines is 1. The smallest absolute Gasteiger partial charge is 0.323 e. The number of aromatic nitrogens is 2. The summed E-state index contributed by atoms with van der Waals surface area (Å²) in [6, 6.07) is 17.0. The maximum Gasteiger partial charge on any atom is 0.323 e. The van der Waals surface area contributed by atoms with Gasteiger partial charge in [-0.05, 0) is 48.0 Å². The predicted molar refractivity (Wildman–Crippen MR) is 127 cm³/mol. The molecule has 1 aromatic heterocycles. The maximum absolute atomic E-state index is 12.4. The Morgan fingerprint density at radius 1 is 0.969 bits per heavy atom. The SMILES string of the molecule is COc1cccc(Cc2n[nH]c(=O)c3cc(NC(=O)Nc4ccc(Cl)c(Cl)c4)ccc23)c1. The Morgan fingerprint density at radius 3 is 2.47 bits per heavy atom. The second-order valence-electron chi connectivity index (χ2n) is 7.00. The molecule has 4 aromatic rings. The van der Waals surface area contributed by atoms with Gasteiger partial charge in [0.2, 0.25) is 0 Å². The average molecular weight is 469 g/mol. The van der Waals surface area contributed by atoms with Crippen molar-refractivity contribution in [2.75, 3.05) is 17.7 Å². The van der Waals surface area contributed by atoms with Crippen molar-refractivity contribution >= 4 is 51.4 Å². The summed E-state index contributed by atoms with van der Waals surface area (Å²) in [6.45, 7) is 0. The fourth-order valence-corrected chi connectivity index (χ4v) is 3.58. The molecule has 9 heteroatoms. The zero-order chi connectivity index (χ0) is 22.7. The number of nitrogens with one attached hydrogen (secondary N) is 3. The molecule has 0 saturated carbocycles. The van der Waals surface area contributed by atoms with Crippen molar-refractivity contribution < 1.29 is 9.53 Å². The number of carbonyl (C=O) groups excluding carboxylic acids is 1. The monoisotopic (exact) mass is 468 g/mol. The third-order valence-electron chi connectivity index (χ3n) is 4.81. The topological polar surface area (TPSA) is 96.1 Å². The first-order valence-electron chi connectivity index (χ1n) is 9.60. The zero-order valence-electron chi connectivity index (χ0n) is 16.9. The van der Waals surface area contributed by atoms with Crippen LogP contribution < -0.4 is 20.9 Å². The van der Waals surface area contributed by atoms with E-state index in [1.54, 1.807) is 43.5 Å². The highest BCUT2D eigenvalue weighted by Gasteiger charge is 2.11. The highest BCUT2D eigenvalue weighted by atomic mass is 35.5. The summed E-state index contributed by atoms with van der Waals surface area (Å²) < 4.78 is 5.27. The highest BCUT2D eigenvalue weighted by Crippen LogP contribution is 2.25. The third kappa shape index (κ3) is 4.85. The minimum Gasteiger partial charge on any atom is -0.497 e. The minimum absolute atomic E-state index is 0.331. The molecule has 32 heavy (non-hydrogen) atoms. The van der Waals surface area contributed by atoms with Gasteiger partial charge >= 0.3 is 6.03 Å². The lowest BCUT2D eigenvalue weighted by Crippen LogP contribution is -2.20. The summed E-state index contributed by atoms with van der Waals surface area (Å²) in [5, 5.41) is 14.0. The Hall–Kier alpha value is -3.55. The number of H-pyrrole nitrogens is 1. The summed E-state index contributed by atoms with van der Waals surface area (Å²) in [4.78, 5) is 24.7. The van der Waals surface area contributed by atoms with Gasteiger partial charge in [-0.25, -0.2) is 9.89 Å². The number of fused-ring (bicyclic) bond motifs is 1. The molecule has 0 atom stereocenters. The largest absolute Gasteiger partial charge is 0.497 e. The Bertz CT molecular complexity index is 1370. The number of rotatable bonds is 5. The quantitative estimate of drug-likeness (QED) is 0.361. The van der Waals surface area contributed by atoms with Gasteiger partial charge in [0.1, 0.15) is 5.75 Å². The molecule has 0 radical (unpaired) electrons. The molecule has 0 fully saturated rings. The van der Waals surface area contributed by atoms with Crippen LogP contribution in [-0.4, -0.2) is 23.3 Å². The number of halogens is 2. The van der Waals surface area contributed by atoms with Crippen LogP contribution in [0.25, 0.3) is 10.8 Å². The van der Waals surface area contributed by atoms with Gasteiger partial charge in [-0.1, -0.05) is 41.4 Å². The van der Waals surface area contributed by atoms with Crippen molar-refractivity contribution in [2.24, 2.45) is 0 Å². The van der Waals surface area contributed by atoms with Gasteiger partial charge in [0.25, 0.3) is 5.56 Å². The molecule has 0 saturated heterocycles. The molecule has 7 nitrogen and oxygen atoms in total. The van der Waals surface area contributed by atoms with Crippen LogP contribution in [0.3, 0.4) is 0 Å². The van der Waals surface area contributed by atoms with E-state index in [0.717, 1.165) is 11.3 Å². The molecule has 0 spiro atoms. The molecular formula is C23H18Cl2N4O3. The van der Waals surface area contributed by atoms with Gasteiger partial charge in [-0.3, -0.25) is 4.79 Å². The lowest BCUT2D eigenvalue weighted by atomic mass is 10.0. The van der Waals surface area contributed by atoms with Crippen molar-refractivity contribution in [1.29, 1.82) is 0 Å². The molecule has 0 bridgehead atoms. The van der Waals surface area contributed by atoms with E-state index in [1.165, 1.54) is 0 Å². The second-order valence-corrected chi connectivity index (χ2v) is 7.81. The molecule has 0 unspecified atom stereocenters. The number of ether oxygens (including phenoxy) is 1. The van der Waals surface area contributed by atoms with E-state index in [0.29, 0.717) is 44.3 Å².